The first kappa shape index (κ1) is 18.1. The highest BCUT2D eigenvalue weighted by molar-refractivity contribution is 5.90. The molecule has 1 amide bonds. The van der Waals surface area contributed by atoms with Gasteiger partial charge in [-0.25, -0.2) is 15.0 Å². The van der Waals surface area contributed by atoms with Gasteiger partial charge >= 0.3 is 0 Å². The van der Waals surface area contributed by atoms with E-state index >= 15 is 0 Å². The Morgan fingerprint density at radius 3 is 2.78 bits per heavy atom. The number of fused-ring (bicyclic) bond motifs is 1. The summed E-state index contributed by atoms with van der Waals surface area (Å²) >= 11 is 0. The highest BCUT2D eigenvalue weighted by atomic mass is 16.3. The second-order valence-electron chi connectivity index (χ2n) is 5.71. The highest BCUT2D eigenvalue weighted by Crippen LogP contribution is 2.27. The van der Waals surface area contributed by atoms with Gasteiger partial charge in [-0.05, 0) is 12.1 Å². The summed E-state index contributed by atoms with van der Waals surface area (Å²) in [5.74, 6) is 0.0305. The van der Waals surface area contributed by atoms with E-state index in [1.165, 1.54) is 11.0 Å². The fraction of sp³-hybridized carbons (Fsp3) is 0.235. The van der Waals surface area contributed by atoms with Crippen LogP contribution in [0, 0.1) is 0 Å². The summed E-state index contributed by atoms with van der Waals surface area (Å²) in [4.78, 5) is 39.7. The smallest absolute Gasteiger partial charge is 0.293 e. The zero-order valence-corrected chi connectivity index (χ0v) is 14.6. The largest absolute Gasteiger partial charge is 0.483 e. The Balaban J connectivity index is 0.000000659. The molecule has 10 heteroatoms. The van der Waals surface area contributed by atoms with Crippen LogP contribution in [0.1, 0.15) is 21.9 Å². The first-order chi connectivity index (χ1) is 13.1. The van der Waals surface area contributed by atoms with Crippen molar-refractivity contribution in [2.45, 2.75) is 13.0 Å². The average molecular weight is 367 g/mol. The molecule has 0 aliphatic carbocycles. The van der Waals surface area contributed by atoms with E-state index in [0.29, 0.717) is 19.5 Å². The number of amides is 1. The molecule has 10 nitrogen and oxygen atoms in total. The Morgan fingerprint density at radius 1 is 1.30 bits per heavy atom. The van der Waals surface area contributed by atoms with E-state index in [4.69, 9.17) is 9.90 Å². The average Bonchev–Trinajstić information content (AvgIpc) is 3.14. The minimum absolute atomic E-state index is 0.178. The predicted octanol–water partition coefficient (Wildman–Crippen LogP) is 0.566. The van der Waals surface area contributed by atoms with E-state index < -0.39 is 0 Å². The van der Waals surface area contributed by atoms with Gasteiger partial charge < -0.3 is 10.0 Å². The van der Waals surface area contributed by atoms with Gasteiger partial charge in [0.15, 0.2) is 0 Å². The van der Waals surface area contributed by atoms with Crippen molar-refractivity contribution in [3.63, 3.8) is 0 Å². The van der Waals surface area contributed by atoms with Crippen molar-refractivity contribution in [1.82, 2.24) is 34.6 Å². The summed E-state index contributed by atoms with van der Waals surface area (Å²) in [6, 6.07) is 3.82. The van der Waals surface area contributed by atoms with Crippen LogP contribution in [0.2, 0.25) is 0 Å². The fourth-order valence-electron chi connectivity index (χ4n) is 2.84. The van der Waals surface area contributed by atoms with Crippen molar-refractivity contribution >= 4 is 12.4 Å². The molecule has 0 saturated heterocycles. The fourth-order valence-corrected chi connectivity index (χ4v) is 2.84. The molecule has 0 aromatic carbocycles. The molecule has 0 atom stereocenters. The molecular weight excluding hydrogens is 350 g/mol. The van der Waals surface area contributed by atoms with Crippen LogP contribution in [0.25, 0.3) is 11.3 Å². The number of pyridine rings is 1. The summed E-state index contributed by atoms with van der Waals surface area (Å²) in [7, 11) is 1.74. The second-order valence-corrected chi connectivity index (χ2v) is 5.71. The van der Waals surface area contributed by atoms with Crippen molar-refractivity contribution in [1.29, 1.82) is 0 Å². The van der Waals surface area contributed by atoms with Gasteiger partial charge in [0.1, 0.15) is 12.7 Å². The van der Waals surface area contributed by atoms with E-state index in [0.717, 1.165) is 22.5 Å². The number of hydrogen-bond donors (Lipinski definition) is 1. The highest BCUT2D eigenvalue weighted by Gasteiger charge is 2.27. The van der Waals surface area contributed by atoms with Crippen LogP contribution in [0.5, 0.6) is 0 Å². The molecule has 1 aliphatic rings. The lowest BCUT2D eigenvalue weighted by Crippen LogP contribution is -2.37. The number of rotatable bonds is 2. The lowest BCUT2D eigenvalue weighted by Gasteiger charge is -2.28. The summed E-state index contributed by atoms with van der Waals surface area (Å²) in [6.45, 7) is 0.783. The molecule has 0 fully saturated rings. The SMILES string of the molecule is Cn1cnc(C(=O)N2CCc3ncnc(-c4cccnc4)c3C2)n1.O=CO. The Labute approximate surface area is 154 Å². The maximum Gasteiger partial charge on any atom is 0.293 e. The van der Waals surface area contributed by atoms with Gasteiger partial charge in [-0.15, -0.1) is 5.10 Å². The maximum atomic E-state index is 12.6. The molecule has 4 heterocycles. The number of carboxylic acid groups (broad SMARTS) is 1. The number of nitrogens with zero attached hydrogens (tertiary/aromatic N) is 7. The van der Waals surface area contributed by atoms with Gasteiger partial charge in [-0.2, -0.15) is 0 Å². The Kier molecular flexibility index (Phi) is 5.45. The van der Waals surface area contributed by atoms with Gasteiger partial charge in [-0.3, -0.25) is 19.3 Å². The summed E-state index contributed by atoms with van der Waals surface area (Å²) in [5.41, 5.74) is 3.67. The van der Waals surface area contributed by atoms with Crippen LogP contribution < -0.4 is 0 Å². The Hall–Kier alpha value is -3.69. The van der Waals surface area contributed by atoms with Crippen molar-refractivity contribution in [2.24, 2.45) is 7.05 Å². The van der Waals surface area contributed by atoms with Gasteiger partial charge in [-0.1, -0.05) is 0 Å². The van der Waals surface area contributed by atoms with Crippen LogP contribution in [-0.4, -0.2) is 58.6 Å². The molecule has 3 aromatic rings. The third kappa shape index (κ3) is 3.94. The molecule has 1 aliphatic heterocycles. The van der Waals surface area contributed by atoms with Crippen LogP contribution in [-0.2, 0) is 24.8 Å². The first-order valence-corrected chi connectivity index (χ1v) is 8.10. The molecule has 3 aromatic heterocycles. The predicted molar refractivity (Wildman–Crippen MR) is 93.4 cm³/mol. The van der Waals surface area contributed by atoms with Crippen LogP contribution in [0.3, 0.4) is 0 Å². The standard InChI is InChI=1S/C16H15N7O.CH2O2/c1-22-10-20-15(21-22)16(24)23-6-4-13-12(8-23)14(19-9-18-13)11-3-2-5-17-7-11;2-1-3/h2-3,5,7,9-10H,4,6,8H2,1H3;1H,(H,2,3). The topological polar surface area (TPSA) is 127 Å². The van der Waals surface area contributed by atoms with Gasteiger partial charge in [0.05, 0.1) is 17.9 Å². The minimum atomic E-state index is -0.250. The zero-order valence-electron chi connectivity index (χ0n) is 14.6. The number of aromatic nitrogens is 6. The number of aryl methyl sites for hydroxylation is 1. The van der Waals surface area contributed by atoms with E-state index in [-0.39, 0.29) is 18.2 Å². The summed E-state index contributed by atoms with van der Waals surface area (Å²) in [5, 5.41) is 11.0. The molecule has 0 bridgehead atoms. The number of hydrogen-bond acceptors (Lipinski definition) is 7. The van der Waals surface area contributed by atoms with E-state index in [9.17, 15) is 4.79 Å². The van der Waals surface area contributed by atoms with Crippen molar-refractivity contribution < 1.29 is 14.7 Å². The van der Waals surface area contributed by atoms with Crippen LogP contribution >= 0.6 is 0 Å². The Morgan fingerprint density at radius 2 is 2.11 bits per heavy atom. The normalized spacial score (nSPS) is 12.6. The molecule has 1 N–H and O–H groups in total. The lowest BCUT2D eigenvalue weighted by molar-refractivity contribution is -0.122. The molecule has 4 rings (SSSR count). The third-order valence-corrected chi connectivity index (χ3v) is 4.02. The molecule has 138 valence electrons. The second kappa shape index (κ2) is 8.13. The quantitative estimate of drug-likeness (QED) is 0.651. The van der Waals surface area contributed by atoms with Crippen molar-refractivity contribution in [3.05, 3.63) is 54.3 Å². The molecular formula is C17H17N7O3. The van der Waals surface area contributed by atoms with Crippen LogP contribution in [0.15, 0.2) is 37.2 Å². The molecule has 27 heavy (non-hydrogen) atoms. The van der Waals surface area contributed by atoms with Gasteiger partial charge in [0, 0.05) is 43.5 Å². The lowest BCUT2D eigenvalue weighted by atomic mass is 10.00. The third-order valence-electron chi connectivity index (χ3n) is 4.02. The van der Waals surface area contributed by atoms with Crippen molar-refractivity contribution in [2.75, 3.05) is 6.54 Å². The summed E-state index contributed by atoms with van der Waals surface area (Å²) < 4.78 is 1.52. The minimum Gasteiger partial charge on any atom is -0.483 e. The molecule has 0 spiro atoms. The first-order valence-electron chi connectivity index (χ1n) is 8.10. The molecule has 0 unspecified atom stereocenters. The van der Waals surface area contributed by atoms with E-state index in [1.807, 2.05) is 12.1 Å². The van der Waals surface area contributed by atoms with E-state index in [2.05, 4.69) is 25.0 Å². The number of carbonyl (C=O) groups excluding carboxylic acids is 1. The molecule has 0 radical (unpaired) electrons. The van der Waals surface area contributed by atoms with E-state index in [1.54, 1.807) is 30.7 Å². The molecule has 0 saturated carbocycles. The van der Waals surface area contributed by atoms with Crippen molar-refractivity contribution in [3.8, 4) is 11.3 Å². The zero-order chi connectivity index (χ0) is 19.2. The summed E-state index contributed by atoms with van der Waals surface area (Å²) in [6.07, 6.45) is 7.27. The maximum absolute atomic E-state index is 12.6. The number of carbonyl (C=O) groups is 2. The Bertz CT molecular complexity index is 943. The van der Waals surface area contributed by atoms with Crippen LogP contribution in [0.4, 0.5) is 0 Å². The van der Waals surface area contributed by atoms with Gasteiger partial charge in [0.2, 0.25) is 5.82 Å². The van der Waals surface area contributed by atoms with Gasteiger partial charge in [0.25, 0.3) is 12.4 Å². The monoisotopic (exact) mass is 367 g/mol.